The molecule has 3 heteroatoms. The Morgan fingerprint density at radius 2 is 2.62 bits per heavy atom. The van der Waals surface area contributed by atoms with Gasteiger partial charge in [-0.15, -0.1) is 0 Å². The molecule has 1 saturated heterocycles. The zero-order valence-electron chi connectivity index (χ0n) is 4.79. The van der Waals surface area contributed by atoms with Crippen molar-refractivity contribution in [3.8, 4) is 6.19 Å². The third-order valence-electron chi connectivity index (χ3n) is 1.26. The topological polar surface area (TPSA) is 36.3 Å². The standard InChI is InChI=1S/C5H8N2O/c1-5-7(4-6)2-3-8-5/h5H,2-3H2,1H3. The Morgan fingerprint density at radius 3 is 2.88 bits per heavy atom. The molecule has 0 spiro atoms. The van der Waals surface area contributed by atoms with Crippen molar-refractivity contribution in [1.29, 1.82) is 5.26 Å². The SMILES string of the molecule is CC1OCCN1C#N. The predicted octanol–water partition coefficient (Wildman–Crippen LogP) is 0.146. The Bertz CT molecular complexity index is 118. The molecular weight excluding hydrogens is 104 g/mol. The highest BCUT2D eigenvalue weighted by molar-refractivity contribution is 4.78. The van der Waals surface area contributed by atoms with E-state index < -0.39 is 0 Å². The fourth-order valence-corrected chi connectivity index (χ4v) is 0.725. The predicted molar refractivity (Wildman–Crippen MR) is 27.7 cm³/mol. The van der Waals surface area contributed by atoms with Crippen molar-refractivity contribution < 1.29 is 4.74 Å². The maximum Gasteiger partial charge on any atom is 0.181 e. The molecule has 0 amide bonds. The van der Waals surface area contributed by atoms with E-state index in [0.29, 0.717) is 6.61 Å². The van der Waals surface area contributed by atoms with Gasteiger partial charge in [-0.1, -0.05) is 0 Å². The lowest BCUT2D eigenvalue weighted by Gasteiger charge is -2.09. The average molecular weight is 112 g/mol. The van der Waals surface area contributed by atoms with Crippen LogP contribution in [-0.4, -0.2) is 24.3 Å². The molecule has 1 fully saturated rings. The smallest absolute Gasteiger partial charge is 0.181 e. The molecule has 1 unspecified atom stereocenters. The van der Waals surface area contributed by atoms with Gasteiger partial charge < -0.3 is 4.74 Å². The lowest BCUT2D eigenvalue weighted by molar-refractivity contribution is 0.0749. The fraction of sp³-hybridized carbons (Fsp3) is 0.800. The second-order valence-electron chi connectivity index (χ2n) is 1.76. The number of hydrogen-bond acceptors (Lipinski definition) is 3. The third kappa shape index (κ3) is 0.749. The molecule has 44 valence electrons. The minimum absolute atomic E-state index is 0.000000000000000444. The molecule has 8 heavy (non-hydrogen) atoms. The first-order chi connectivity index (χ1) is 3.84. The molecule has 0 aromatic rings. The van der Waals surface area contributed by atoms with Crippen LogP contribution in [0.4, 0.5) is 0 Å². The molecular formula is C5H8N2O. The summed E-state index contributed by atoms with van der Waals surface area (Å²) in [5.74, 6) is 0. The first kappa shape index (κ1) is 5.39. The van der Waals surface area contributed by atoms with Gasteiger partial charge in [-0.3, -0.25) is 4.90 Å². The van der Waals surface area contributed by atoms with Crippen LogP contribution in [0.3, 0.4) is 0 Å². The Morgan fingerprint density at radius 1 is 1.88 bits per heavy atom. The molecule has 1 atom stereocenters. The third-order valence-corrected chi connectivity index (χ3v) is 1.26. The minimum Gasteiger partial charge on any atom is -0.356 e. The van der Waals surface area contributed by atoms with E-state index in [9.17, 15) is 0 Å². The van der Waals surface area contributed by atoms with Crippen LogP contribution < -0.4 is 0 Å². The van der Waals surface area contributed by atoms with Crippen molar-refractivity contribution in [2.24, 2.45) is 0 Å². The van der Waals surface area contributed by atoms with E-state index in [1.54, 1.807) is 4.90 Å². The van der Waals surface area contributed by atoms with E-state index >= 15 is 0 Å². The molecule has 0 radical (unpaired) electrons. The van der Waals surface area contributed by atoms with E-state index in [-0.39, 0.29) is 6.23 Å². The number of hydrogen-bond donors (Lipinski definition) is 0. The lowest BCUT2D eigenvalue weighted by atomic mass is 10.6. The number of rotatable bonds is 0. The van der Waals surface area contributed by atoms with Crippen LogP contribution in [0.2, 0.25) is 0 Å². The highest BCUT2D eigenvalue weighted by Gasteiger charge is 2.17. The number of nitrogens with zero attached hydrogens (tertiary/aromatic N) is 2. The maximum atomic E-state index is 8.33. The Balaban J connectivity index is 2.45. The summed E-state index contributed by atoms with van der Waals surface area (Å²) in [6, 6.07) is 0. The van der Waals surface area contributed by atoms with Crippen molar-refractivity contribution in [2.45, 2.75) is 13.2 Å². The summed E-state index contributed by atoms with van der Waals surface area (Å²) in [5.41, 5.74) is 0. The molecule has 1 aliphatic rings. The van der Waals surface area contributed by atoms with Crippen molar-refractivity contribution in [3.63, 3.8) is 0 Å². The van der Waals surface area contributed by atoms with Gasteiger partial charge in [0.05, 0.1) is 13.2 Å². The number of nitriles is 1. The molecule has 1 rings (SSSR count). The van der Waals surface area contributed by atoms with Crippen LogP contribution in [0.25, 0.3) is 0 Å². The number of ether oxygens (including phenoxy) is 1. The fourth-order valence-electron chi connectivity index (χ4n) is 0.725. The normalized spacial score (nSPS) is 28.0. The molecule has 1 heterocycles. The Hall–Kier alpha value is -0.750. The first-order valence-electron chi connectivity index (χ1n) is 2.62. The molecule has 0 N–H and O–H groups in total. The molecule has 0 saturated carbocycles. The van der Waals surface area contributed by atoms with Crippen molar-refractivity contribution in [2.75, 3.05) is 13.2 Å². The van der Waals surface area contributed by atoms with Gasteiger partial charge in [0, 0.05) is 0 Å². The van der Waals surface area contributed by atoms with Crippen LogP contribution >= 0.6 is 0 Å². The van der Waals surface area contributed by atoms with Gasteiger partial charge >= 0.3 is 0 Å². The summed E-state index contributed by atoms with van der Waals surface area (Å²) in [7, 11) is 0. The zero-order valence-corrected chi connectivity index (χ0v) is 4.79. The van der Waals surface area contributed by atoms with Crippen molar-refractivity contribution in [3.05, 3.63) is 0 Å². The van der Waals surface area contributed by atoms with E-state index in [1.807, 2.05) is 13.1 Å². The zero-order chi connectivity index (χ0) is 5.98. The van der Waals surface area contributed by atoms with Gasteiger partial charge in [-0.2, -0.15) is 5.26 Å². The van der Waals surface area contributed by atoms with Gasteiger partial charge in [0.25, 0.3) is 0 Å². The highest BCUT2D eigenvalue weighted by atomic mass is 16.5. The van der Waals surface area contributed by atoms with Crippen LogP contribution in [-0.2, 0) is 4.74 Å². The quantitative estimate of drug-likeness (QED) is 0.418. The van der Waals surface area contributed by atoms with Crippen LogP contribution in [0.1, 0.15) is 6.92 Å². The van der Waals surface area contributed by atoms with Gasteiger partial charge in [0.15, 0.2) is 6.19 Å². The summed E-state index contributed by atoms with van der Waals surface area (Å²) < 4.78 is 5.06. The molecule has 0 aliphatic carbocycles. The Kier molecular flexibility index (Phi) is 1.36. The van der Waals surface area contributed by atoms with Gasteiger partial charge in [-0.25, -0.2) is 0 Å². The maximum absolute atomic E-state index is 8.33. The van der Waals surface area contributed by atoms with Crippen LogP contribution in [0, 0.1) is 11.5 Å². The monoisotopic (exact) mass is 112 g/mol. The summed E-state index contributed by atoms with van der Waals surface area (Å²) in [6.07, 6.45) is 2.02. The lowest BCUT2D eigenvalue weighted by Crippen LogP contribution is -2.21. The molecule has 3 nitrogen and oxygen atoms in total. The van der Waals surface area contributed by atoms with Gasteiger partial charge in [0.2, 0.25) is 0 Å². The molecule has 0 bridgehead atoms. The van der Waals surface area contributed by atoms with Gasteiger partial charge in [0.1, 0.15) is 6.23 Å². The van der Waals surface area contributed by atoms with Crippen LogP contribution in [0.5, 0.6) is 0 Å². The average Bonchev–Trinajstić information content (AvgIpc) is 2.14. The Labute approximate surface area is 48.5 Å². The second-order valence-corrected chi connectivity index (χ2v) is 1.76. The van der Waals surface area contributed by atoms with Crippen LogP contribution in [0.15, 0.2) is 0 Å². The van der Waals surface area contributed by atoms with Gasteiger partial charge in [-0.05, 0) is 6.92 Å². The molecule has 1 aliphatic heterocycles. The minimum atomic E-state index is -0.000000000000000444. The van der Waals surface area contributed by atoms with E-state index in [0.717, 1.165) is 6.54 Å². The summed E-state index contributed by atoms with van der Waals surface area (Å²) >= 11 is 0. The van der Waals surface area contributed by atoms with E-state index in [2.05, 4.69) is 0 Å². The van der Waals surface area contributed by atoms with Crippen molar-refractivity contribution in [1.82, 2.24) is 4.90 Å². The first-order valence-corrected chi connectivity index (χ1v) is 2.62. The molecule has 0 aromatic carbocycles. The summed E-state index contributed by atoms with van der Waals surface area (Å²) in [6.45, 7) is 3.31. The van der Waals surface area contributed by atoms with E-state index in [4.69, 9.17) is 10.00 Å². The van der Waals surface area contributed by atoms with E-state index in [1.165, 1.54) is 0 Å². The van der Waals surface area contributed by atoms with Crippen molar-refractivity contribution >= 4 is 0 Å². The largest absolute Gasteiger partial charge is 0.356 e. The second kappa shape index (κ2) is 2.01. The summed E-state index contributed by atoms with van der Waals surface area (Å²) in [5, 5.41) is 8.33. The summed E-state index contributed by atoms with van der Waals surface area (Å²) in [4.78, 5) is 1.61. The molecule has 0 aromatic heterocycles. The highest BCUT2D eigenvalue weighted by Crippen LogP contribution is 2.05.